The van der Waals surface area contributed by atoms with Crippen molar-refractivity contribution in [2.45, 2.75) is 26.3 Å². The highest BCUT2D eigenvalue weighted by atomic mass is 15.1. The highest BCUT2D eigenvalue weighted by Gasteiger charge is 2.32. The molecule has 2 atom stereocenters. The number of anilines is 1. The Morgan fingerprint density at radius 1 is 1.31 bits per heavy atom. The van der Waals surface area contributed by atoms with Crippen LogP contribution in [0, 0.1) is 12.8 Å². The van der Waals surface area contributed by atoms with Gasteiger partial charge in [-0.1, -0.05) is 25.1 Å². The van der Waals surface area contributed by atoms with Crippen LogP contribution in [0.2, 0.25) is 0 Å². The highest BCUT2D eigenvalue weighted by molar-refractivity contribution is 5.81. The number of fused-ring (bicyclic) bond motifs is 1. The summed E-state index contributed by atoms with van der Waals surface area (Å²) in [5.74, 6) is 1.85. The fourth-order valence-electron chi connectivity index (χ4n) is 2.07. The van der Waals surface area contributed by atoms with Crippen molar-refractivity contribution in [1.29, 1.82) is 0 Å². The van der Waals surface area contributed by atoms with Crippen LogP contribution in [-0.2, 0) is 0 Å². The Labute approximate surface area is 95.7 Å². The summed E-state index contributed by atoms with van der Waals surface area (Å²) in [4.78, 5) is 4.68. The van der Waals surface area contributed by atoms with Crippen molar-refractivity contribution in [3.8, 4) is 0 Å². The summed E-state index contributed by atoms with van der Waals surface area (Å²) in [6, 6.07) is 11.1. The van der Waals surface area contributed by atoms with Crippen LogP contribution in [0.5, 0.6) is 0 Å². The molecule has 0 spiro atoms. The van der Waals surface area contributed by atoms with Gasteiger partial charge in [-0.2, -0.15) is 0 Å². The van der Waals surface area contributed by atoms with Gasteiger partial charge in [0, 0.05) is 11.4 Å². The van der Waals surface area contributed by atoms with Crippen LogP contribution < -0.4 is 5.32 Å². The molecule has 2 heteroatoms. The molecule has 1 fully saturated rings. The van der Waals surface area contributed by atoms with E-state index in [1.165, 1.54) is 17.4 Å². The zero-order valence-corrected chi connectivity index (χ0v) is 9.70. The van der Waals surface area contributed by atoms with Crippen molar-refractivity contribution in [1.82, 2.24) is 4.98 Å². The predicted octanol–water partition coefficient (Wildman–Crippen LogP) is 3.36. The molecule has 3 rings (SSSR count). The number of aryl methyl sites for hydroxylation is 1. The number of para-hydroxylation sites is 1. The number of nitrogens with zero attached hydrogens (tertiary/aromatic N) is 1. The molecule has 0 radical (unpaired) electrons. The standard InChI is InChI=1S/C14H16N2/c1-9-8-13(9)16-14-10(2)7-11-5-3-4-6-12(11)15-14/h3-7,9,13H,8H2,1-2H3,(H,15,16). The summed E-state index contributed by atoms with van der Waals surface area (Å²) < 4.78 is 0. The van der Waals surface area contributed by atoms with E-state index < -0.39 is 0 Å². The number of pyridine rings is 1. The van der Waals surface area contributed by atoms with Crippen LogP contribution >= 0.6 is 0 Å². The molecule has 2 unspecified atom stereocenters. The molecule has 1 aliphatic carbocycles. The van der Waals surface area contributed by atoms with E-state index in [4.69, 9.17) is 0 Å². The summed E-state index contributed by atoms with van der Waals surface area (Å²) in [7, 11) is 0. The average Bonchev–Trinajstić information content (AvgIpc) is 2.95. The van der Waals surface area contributed by atoms with Crippen LogP contribution in [0.4, 0.5) is 5.82 Å². The van der Waals surface area contributed by atoms with Crippen molar-refractivity contribution in [2.24, 2.45) is 5.92 Å². The van der Waals surface area contributed by atoms with Gasteiger partial charge in [0.25, 0.3) is 0 Å². The second-order valence-corrected chi connectivity index (χ2v) is 4.81. The number of benzene rings is 1. The summed E-state index contributed by atoms with van der Waals surface area (Å²) in [5, 5.41) is 4.73. The molecular weight excluding hydrogens is 196 g/mol. The van der Waals surface area contributed by atoms with Crippen molar-refractivity contribution < 1.29 is 0 Å². The van der Waals surface area contributed by atoms with E-state index in [2.05, 4.69) is 48.4 Å². The molecule has 0 saturated heterocycles. The molecule has 0 amide bonds. The quantitative estimate of drug-likeness (QED) is 0.825. The Bertz CT molecular complexity index is 533. The Hall–Kier alpha value is -1.57. The van der Waals surface area contributed by atoms with Gasteiger partial charge in [0.1, 0.15) is 5.82 Å². The van der Waals surface area contributed by atoms with E-state index in [0.717, 1.165) is 17.3 Å². The fraction of sp³-hybridized carbons (Fsp3) is 0.357. The van der Waals surface area contributed by atoms with Gasteiger partial charge in [0.15, 0.2) is 0 Å². The molecule has 0 aliphatic heterocycles. The molecule has 1 aromatic carbocycles. The maximum atomic E-state index is 4.68. The second-order valence-electron chi connectivity index (χ2n) is 4.81. The Kier molecular flexibility index (Phi) is 2.10. The first-order valence-corrected chi connectivity index (χ1v) is 5.87. The average molecular weight is 212 g/mol. The molecular formula is C14H16N2. The zero-order valence-electron chi connectivity index (χ0n) is 9.70. The molecule has 1 saturated carbocycles. The van der Waals surface area contributed by atoms with Gasteiger partial charge in [-0.05, 0) is 37.0 Å². The Morgan fingerprint density at radius 3 is 2.81 bits per heavy atom. The number of nitrogens with one attached hydrogen (secondary N) is 1. The van der Waals surface area contributed by atoms with E-state index >= 15 is 0 Å². The fourth-order valence-corrected chi connectivity index (χ4v) is 2.07. The third kappa shape index (κ3) is 1.64. The van der Waals surface area contributed by atoms with Gasteiger partial charge in [0.2, 0.25) is 0 Å². The number of hydrogen-bond donors (Lipinski definition) is 1. The van der Waals surface area contributed by atoms with Gasteiger partial charge in [-0.25, -0.2) is 4.98 Å². The van der Waals surface area contributed by atoms with E-state index in [9.17, 15) is 0 Å². The van der Waals surface area contributed by atoms with E-state index in [-0.39, 0.29) is 0 Å². The number of rotatable bonds is 2. The first kappa shape index (κ1) is 9.64. The van der Waals surface area contributed by atoms with Crippen LogP contribution in [-0.4, -0.2) is 11.0 Å². The molecule has 16 heavy (non-hydrogen) atoms. The Balaban J connectivity index is 2.00. The summed E-state index contributed by atoms with van der Waals surface area (Å²) in [5.41, 5.74) is 2.31. The summed E-state index contributed by atoms with van der Waals surface area (Å²) in [6.07, 6.45) is 1.27. The number of hydrogen-bond acceptors (Lipinski definition) is 2. The smallest absolute Gasteiger partial charge is 0.129 e. The molecule has 1 aromatic heterocycles. The third-order valence-electron chi connectivity index (χ3n) is 3.35. The van der Waals surface area contributed by atoms with Gasteiger partial charge in [0.05, 0.1) is 5.52 Å². The molecule has 1 N–H and O–H groups in total. The van der Waals surface area contributed by atoms with E-state index in [1.807, 2.05) is 6.07 Å². The molecule has 1 heterocycles. The van der Waals surface area contributed by atoms with Gasteiger partial charge in [-0.3, -0.25) is 0 Å². The largest absolute Gasteiger partial charge is 0.367 e. The number of aromatic nitrogens is 1. The molecule has 2 nitrogen and oxygen atoms in total. The van der Waals surface area contributed by atoms with E-state index in [0.29, 0.717) is 6.04 Å². The van der Waals surface area contributed by atoms with Crippen molar-refractivity contribution in [3.63, 3.8) is 0 Å². The molecule has 0 bridgehead atoms. The lowest BCUT2D eigenvalue weighted by Crippen LogP contribution is -2.06. The van der Waals surface area contributed by atoms with Gasteiger partial charge < -0.3 is 5.32 Å². The lowest BCUT2D eigenvalue weighted by Gasteiger charge is -2.09. The highest BCUT2D eigenvalue weighted by Crippen LogP contribution is 2.33. The van der Waals surface area contributed by atoms with Crippen LogP contribution in [0.3, 0.4) is 0 Å². The first-order valence-electron chi connectivity index (χ1n) is 5.87. The van der Waals surface area contributed by atoms with Gasteiger partial charge >= 0.3 is 0 Å². The minimum atomic E-state index is 0.632. The van der Waals surface area contributed by atoms with Crippen molar-refractivity contribution in [2.75, 3.05) is 5.32 Å². The normalized spacial score (nSPS) is 23.4. The first-order chi connectivity index (χ1) is 7.74. The SMILES string of the molecule is Cc1cc2ccccc2nc1NC1CC1C. The summed E-state index contributed by atoms with van der Waals surface area (Å²) >= 11 is 0. The third-order valence-corrected chi connectivity index (χ3v) is 3.35. The topological polar surface area (TPSA) is 24.9 Å². The maximum absolute atomic E-state index is 4.68. The second kappa shape index (κ2) is 3.48. The lowest BCUT2D eigenvalue weighted by atomic mass is 10.1. The van der Waals surface area contributed by atoms with Crippen LogP contribution in [0.15, 0.2) is 30.3 Å². The predicted molar refractivity (Wildman–Crippen MR) is 67.7 cm³/mol. The lowest BCUT2D eigenvalue weighted by molar-refractivity contribution is 0.923. The maximum Gasteiger partial charge on any atom is 0.129 e. The van der Waals surface area contributed by atoms with E-state index in [1.54, 1.807) is 0 Å². The molecule has 2 aromatic rings. The van der Waals surface area contributed by atoms with Crippen LogP contribution in [0.1, 0.15) is 18.9 Å². The Morgan fingerprint density at radius 2 is 2.06 bits per heavy atom. The van der Waals surface area contributed by atoms with Crippen molar-refractivity contribution in [3.05, 3.63) is 35.9 Å². The summed E-state index contributed by atoms with van der Waals surface area (Å²) in [6.45, 7) is 4.39. The monoisotopic (exact) mass is 212 g/mol. The van der Waals surface area contributed by atoms with Crippen LogP contribution in [0.25, 0.3) is 10.9 Å². The zero-order chi connectivity index (χ0) is 11.1. The molecule has 82 valence electrons. The minimum absolute atomic E-state index is 0.632. The molecule has 1 aliphatic rings. The minimum Gasteiger partial charge on any atom is -0.367 e. The van der Waals surface area contributed by atoms with Crippen molar-refractivity contribution >= 4 is 16.7 Å². The van der Waals surface area contributed by atoms with Gasteiger partial charge in [-0.15, -0.1) is 0 Å².